The normalized spacial score (nSPS) is 12.1. The van der Waals surface area contributed by atoms with Gasteiger partial charge in [0.05, 0.1) is 5.69 Å². The molecule has 0 fully saturated rings. The maximum atomic E-state index is 12.1. The van der Waals surface area contributed by atoms with Crippen molar-refractivity contribution in [2.45, 2.75) is 32.7 Å². The lowest BCUT2D eigenvalue weighted by Crippen LogP contribution is -2.35. The highest BCUT2D eigenvalue weighted by Crippen LogP contribution is 2.18. The van der Waals surface area contributed by atoms with Crippen molar-refractivity contribution in [3.8, 4) is 11.3 Å². The molecule has 1 amide bonds. The van der Waals surface area contributed by atoms with E-state index in [1.54, 1.807) is 6.07 Å². The lowest BCUT2D eigenvalue weighted by molar-refractivity contribution is 0.0924. The summed E-state index contributed by atoms with van der Waals surface area (Å²) in [4.78, 5) is 12.1. The summed E-state index contributed by atoms with van der Waals surface area (Å²) in [5.41, 5.74) is 3.33. The molecule has 2 rings (SSSR count). The second-order valence-electron chi connectivity index (χ2n) is 5.12. The van der Waals surface area contributed by atoms with E-state index < -0.39 is 0 Å². The molecule has 1 heterocycles. The SMILES string of the molecule is CCC(CCO)NC(=O)c1cc(-c2ccc(C)cc2)n[nH]1. The lowest BCUT2D eigenvalue weighted by Gasteiger charge is -2.14. The number of benzene rings is 1. The van der Waals surface area contributed by atoms with Gasteiger partial charge in [-0.1, -0.05) is 36.8 Å². The summed E-state index contributed by atoms with van der Waals surface area (Å²) in [6.45, 7) is 4.07. The molecule has 1 unspecified atom stereocenters. The van der Waals surface area contributed by atoms with Crippen LogP contribution in [0.1, 0.15) is 35.8 Å². The molecule has 0 saturated carbocycles. The Bertz CT molecular complexity index is 590. The third-order valence-corrected chi connectivity index (χ3v) is 3.48. The predicted molar refractivity (Wildman–Crippen MR) is 82.0 cm³/mol. The molecule has 0 spiro atoms. The summed E-state index contributed by atoms with van der Waals surface area (Å²) in [6, 6.07) is 9.71. The van der Waals surface area contributed by atoms with Crippen LogP contribution in [0.15, 0.2) is 30.3 Å². The molecule has 2 aromatic rings. The monoisotopic (exact) mass is 287 g/mol. The van der Waals surface area contributed by atoms with Gasteiger partial charge in [0.1, 0.15) is 5.69 Å². The first kappa shape index (κ1) is 15.3. The van der Waals surface area contributed by atoms with Gasteiger partial charge in [-0.2, -0.15) is 5.10 Å². The molecule has 0 saturated heterocycles. The second-order valence-corrected chi connectivity index (χ2v) is 5.12. The highest BCUT2D eigenvalue weighted by atomic mass is 16.3. The molecule has 5 nitrogen and oxygen atoms in total. The Labute approximate surface area is 124 Å². The minimum absolute atomic E-state index is 0.0198. The smallest absolute Gasteiger partial charge is 0.269 e. The van der Waals surface area contributed by atoms with Gasteiger partial charge >= 0.3 is 0 Å². The molecule has 0 radical (unpaired) electrons. The van der Waals surface area contributed by atoms with E-state index in [9.17, 15) is 4.79 Å². The van der Waals surface area contributed by atoms with Crippen LogP contribution in [0.3, 0.4) is 0 Å². The van der Waals surface area contributed by atoms with E-state index in [1.165, 1.54) is 5.56 Å². The van der Waals surface area contributed by atoms with E-state index in [1.807, 2.05) is 38.1 Å². The third kappa shape index (κ3) is 3.92. The zero-order valence-electron chi connectivity index (χ0n) is 12.4. The van der Waals surface area contributed by atoms with Crippen LogP contribution < -0.4 is 5.32 Å². The topological polar surface area (TPSA) is 78.0 Å². The Hall–Kier alpha value is -2.14. The van der Waals surface area contributed by atoms with Crippen molar-refractivity contribution < 1.29 is 9.90 Å². The number of carbonyl (C=O) groups excluding carboxylic acids is 1. The number of carbonyl (C=O) groups is 1. The number of aliphatic hydroxyl groups is 1. The number of hydrogen-bond donors (Lipinski definition) is 3. The first-order valence-corrected chi connectivity index (χ1v) is 7.18. The van der Waals surface area contributed by atoms with Crippen molar-refractivity contribution in [2.24, 2.45) is 0 Å². The van der Waals surface area contributed by atoms with E-state index in [-0.39, 0.29) is 18.6 Å². The highest BCUT2D eigenvalue weighted by molar-refractivity contribution is 5.93. The van der Waals surface area contributed by atoms with Crippen molar-refractivity contribution in [3.63, 3.8) is 0 Å². The summed E-state index contributed by atoms with van der Waals surface area (Å²) < 4.78 is 0. The molecule has 112 valence electrons. The number of rotatable bonds is 6. The first-order chi connectivity index (χ1) is 10.1. The molecule has 0 aliphatic rings. The summed E-state index contributed by atoms with van der Waals surface area (Å²) in [6.07, 6.45) is 1.34. The predicted octanol–water partition coefficient (Wildman–Crippen LogP) is 2.28. The number of hydrogen-bond acceptors (Lipinski definition) is 3. The Kier molecular flexibility index (Phi) is 5.11. The highest BCUT2D eigenvalue weighted by Gasteiger charge is 2.14. The molecule has 0 aliphatic heterocycles. The van der Waals surface area contributed by atoms with E-state index in [0.29, 0.717) is 12.1 Å². The van der Waals surface area contributed by atoms with Crippen molar-refractivity contribution in [1.82, 2.24) is 15.5 Å². The van der Waals surface area contributed by atoms with Gasteiger partial charge in [0.25, 0.3) is 5.91 Å². The zero-order valence-corrected chi connectivity index (χ0v) is 12.4. The number of nitrogens with zero attached hydrogens (tertiary/aromatic N) is 1. The van der Waals surface area contributed by atoms with Crippen LogP contribution in [0.25, 0.3) is 11.3 Å². The van der Waals surface area contributed by atoms with Crippen molar-refractivity contribution in [1.29, 1.82) is 0 Å². The molecular formula is C16H21N3O2. The fraction of sp³-hybridized carbons (Fsp3) is 0.375. The number of amides is 1. The minimum Gasteiger partial charge on any atom is -0.396 e. The quantitative estimate of drug-likeness (QED) is 0.762. The van der Waals surface area contributed by atoms with Gasteiger partial charge < -0.3 is 10.4 Å². The molecule has 1 aromatic heterocycles. The fourth-order valence-electron chi connectivity index (χ4n) is 2.11. The molecule has 1 aromatic carbocycles. The first-order valence-electron chi connectivity index (χ1n) is 7.18. The number of aryl methyl sites for hydroxylation is 1. The zero-order chi connectivity index (χ0) is 15.2. The largest absolute Gasteiger partial charge is 0.396 e. The van der Waals surface area contributed by atoms with Gasteiger partial charge in [-0.05, 0) is 25.8 Å². The molecule has 1 atom stereocenters. The average Bonchev–Trinajstić information content (AvgIpc) is 2.97. The molecule has 0 aliphatic carbocycles. The summed E-state index contributed by atoms with van der Waals surface area (Å²) >= 11 is 0. The van der Waals surface area contributed by atoms with Crippen LogP contribution in [-0.2, 0) is 0 Å². The Morgan fingerprint density at radius 1 is 1.38 bits per heavy atom. The molecule has 0 bridgehead atoms. The maximum Gasteiger partial charge on any atom is 0.269 e. The summed E-state index contributed by atoms with van der Waals surface area (Å²) in [5, 5.41) is 18.8. The van der Waals surface area contributed by atoms with Crippen LogP contribution in [0, 0.1) is 6.92 Å². The van der Waals surface area contributed by atoms with Crippen LogP contribution >= 0.6 is 0 Å². The van der Waals surface area contributed by atoms with E-state index in [4.69, 9.17) is 5.11 Å². The van der Waals surface area contributed by atoms with Crippen LogP contribution in [0.2, 0.25) is 0 Å². The summed E-state index contributed by atoms with van der Waals surface area (Å²) in [5.74, 6) is -0.193. The van der Waals surface area contributed by atoms with Gasteiger partial charge in [0, 0.05) is 18.2 Å². The van der Waals surface area contributed by atoms with Gasteiger partial charge in [0.2, 0.25) is 0 Å². The fourth-order valence-corrected chi connectivity index (χ4v) is 2.11. The van der Waals surface area contributed by atoms with Gasteiger partial charge in [-0.25, -0.2) is 0 Å². The number of aliphatic hydroxyl groups excluding tert-OH is 1. The molecule has 21 heavy (non-hydrogen) atoms. The van der Waals surface area contributed by atoms with Gasteiger partial charge in [-0.15, -0.1) is 0 Å². The molecule has 5 heteroatoms. The number of nitrogens with one attached hydrogen (secondary N) is 2. The van der Waals surface area contributed by atoms with Crippen LogP contribution in [0.5, 0.6) is 0 Å². The molecule has 3 N–H and O–H groups in total. The maximum absolute atomic E-state index is 12.1. The number of H-pyrrole nitrogens is 1. The van der Waals surface area contributed by atoms with Crippen molar-refractivity contribution in [2.75, 3.05) is 6.61 Å². The van der Waals surface area contributed by atoms with E-state index in [2.05, 4.69) is 15.5 Å². The van der Waals surface area contributed by atoms with Crippen molar-refractivity contribution >= 4 is 5.91 Å². The number of aromatic amines is 1. The van der Waals surface area contributed by atoms with Crippen LogP contribution in [-0.4, -0.2) is 33.9 Å². The van der Waals surface area contributed by atoms with Gasteiger partial charge in [0.15, 0.2) is 0 Å². The Balaban J connectivity index is 2.08. The Morgan fingerprint density at radius 2 is 2.10 bits per heavy atom. The second kappa shape index (κ2) is 7.04. The lowest BCUT2D eigenvalue weighted by atomic mass is 10.1. The Morgan fingerprint density at radius 3 is 2.71 bits per heavy atom. The van der Waals surface area contributed by atoms with E-state index >= 15 is 0 Å². The average molecular weight is 287 g/mol. The van der Waals surface area contributed by atoms with Crippen molar-refractivity contribution in [3.05, 3.63) is 41.6 Å². The third-order valence-electron chi connectivity index (χ3n) is 3.48. The molecular weight excluding hydrogens is 266 g/mol. The van der Waals surface area contributed by atoms with E-state index in [0.717, 1.165) is 17.7 Å². The van der Waals surface area contributed by atoms with Gasteiger partial charge in [-0.3, -0.25) is 9.89 Å². The van der Waals surface area contributed by atoms with Crippen LogP contribution in [0.4, 0.5) is 0 Å². The number of aromatic nitrogens is 2. The minimum atomic E-state index is -0.193. The summed E-state index contributed by atoms with van der Waals surface area (Å²) in [7, 11) is 0. The standard InChI is InChI=1S/C16H21N3O2/c1-3-13(8-9-20)17-16(21)15-10-14(18-19-15)12-6-4-11(2)5-7-12/h4-7,10,13,20H,3,8-9H2,1-2H3,(H,17,21)(H,18,19).